The summed E-state index contributed by atoms with van der Waals surface area (Å²) in [5.74, 6) is -7.84. The van der Waals surface area contributed by atoms with Gasteiger partial charge < -0.3 is 51.4 Å². The molecule has 8 rings (SSSR count). The number of primary amides is 1. The number of benzene rings is 2. The third kappa shape index (κ3) is 12.4. The minimum absolute atomic E-state index is 0.00238. The third-order valence-electron chi connectivity index (χ3n) is 14.8. The van der Waals surface area contributed by atoms with Crippen LogP contribution in [-0.2, 0) is 84.3 Å². The molecule has 0 saturated carbocycles. The average Bonchev–Trinajstić information content (AvgIpc) is 4.17. The van der Waals surface area contributed by atoms with Crippen LogP contribution in [0.5, 0.6) is 0 Å². The van der Waals surface area contributed by atoms with E-state index in [4.69, 9.17) is 15.5 Å². The van der Waals surface area contributed by atoms with Crippen LogP contribution in [0.15, 0.2) is 59.4 Å². The van der Waals surface area contributed by atoms with E-state index in [0.717, 1.165) is 4.90 Å². The maximum Gasteiger partial charge on any atom is 0.343 e. The van der Waals surface area contributed by atoms with Crippen molar-refractivity contribution in [3.63, 3.8) is 0 Å². The molecule has 24 nitrogen and oxygen atoms in total. The van der Waals surface area contributed by atoms with Crippen LogP contribution in [0.25, 0.3) is 22.3 Å². The van der Waals surface area contributed by atoms with Crippen molar-refractivity contribution in [2.75, 3.05) is 52.4 Å². The van der Waals surface area contributed by atoms with Crippen LogP contribution in [0.2, 0.25) is 0 Å². The van der Waals surface area contributed by atoms with Crippen molar-refractivity contribution in [3.05, 3.63) is 110 Å². The van der Waals surface area contributed by atoms with Crippen LogP contribution in [0.4, 0.5) is 4.39 Å². The summed E-state index contributed by atoms with van der Waals surface area (Å²) in [7, 11) is 0. The number of imide groups is 1. The lowest BCUT2D eigenvalue weighted by atomic mass is 9.80. The number of carboxylic acid groups (broad SMARTS) is 1. The van der Waals surface area contributed by atoms with Gasteiger partial charge >= 0.3 is 11.9 Å². The van der Waals surface area contributed by atoms with Crippen molar-refractivity contribution in [1.82, 2.24) is 45.5 Å². The van der Waals surface area contributed by atoms with E-state index in [-0.39, 0.29) is 111 Å². The molecule has 0 fully saturated rings. The first-order chi connectivity index (χ1) is 38.2. The zero-order valence-corrected chi connectivity index (χ0v) is 44.1. The molecular formula is C55H61FN10O14. The van der Waals surface area contributed by atoms with Gasteiger partial charge in [0, 0.05) is 67.2 Å². The molecule has 0 spiro atoms. The molecule has 1 aliphatic carbocycles. The molecule has 2 aromatic heterocycles. The summed E-state index contributed by atoms with van der Waals surface area (Å²) in [6.07, 6.45) is 4.24. The van der Waals surface area contributed by atoms with Gasteiger partial charge in [-0.1, -0.05) is 43.7 Å². The van der Waals surface area contributed by atoms with Crippen molar-refractivity contribution >= 4 is 70.1 Å². The van der Waals surface area contributed by atoms with Crippen molar-refractivity contribution in [1.29, 1.82) is 0 Å². The maximum atomic E-state index is 15.8. The molecule has 3 atom stereocenters. The first-order valence-corrected chi connectivity index (χ1v) is 26.2. The number of carboxylic acids is 1. The Bertz CT molecular complexity index is 3290. The summed E-state index contributed by atoms with van der Waals surface area (Å²) >= 11 is 0. The Balaban J connectivity index is 0.936. The molecule has 0 unspecified atom stereocenters. The molecule has 0 bridgehead atoms. The van der Waals surface area contributed by atoms with E-state index >= 15 is 9.18 Å². The van der Waals surface area contributed by atoms with Crippen molar-refractivity contribution in [2.45, 2.75) is 96.1 Å². The van der Waals surface area contributed by atoms with Crippen molar-refractivity contribution < 1.29 is 67.3 Å². The first kappa shape index (κ1) is 57.5. The Morgan fingerprint density at radius 2 is 1.60 bits per heavy atom. The lowest BCUT2D eigenvalue weighted by Gasteiger charge is -2.38. The third-order valence-corrected chi connectivity index (χ3v) is 14.8. The van der Waals surface area contributed by atoms with Gasteiger partial charge in [-0.3, -0.25) is 57.7 Å². The van der Waals surface area contributed by atoms with Crippen LogP contribution >= 0.6 is 0 Å². The number of cyclic esters (lactones) is 1. The highest BCUT2D eigenvalue weighted by Crippen LogP contribution is 2.47. The van der Waals surface area contributed by atoms with Gasteiger partial charge in [0.15, 0.2) is 5.60 Å². The fraction of sp³-hybridized carbons (Fsp3) is 0.418. The molecule has 3 aliphatic heterocycles. The number of nitrogens with one attached hydrogen (secondary N) is 4. The number of aromatic nitrogens is 2. The number of carbonyl (C=O) groups excluding carboxylic acids is 9. The number of pyridine rings is 2. The number of hydrogen-bond donors (Lipinski definition) is 7. The highest BCUT2D eigenvalue weighted by atomic mass is 19.1. The fourth-order valence-corrected chi connectivity index (χ4v) is 10.8. The molecular weight excluding hydrogens is 1040 g/mol. The second-order valence-corrected chi connectivity index (χ2v) is 20.1. The van der Waals surface area contributed by atoms with Gasteiger partial charge in [0.05, 0.1) is 67.8 Å². The number of nitrogens with zero attached hydrogens (tertiary/aromatic N) is 5. The van der Waals surface area contributed by atoms with E-state index in [2.05, 4.69) is 21.3 Å². The minimum Gasteiger partial charge on any atom is -0.480 e. The van der Waals surface area contributed by atoms with E-state index in [9.17, 15) is 58.2 Å². The van der Waals surface area contributed by atoms with E-state index < -0.39 is 103 Å². The number of rotatable bonds is 25. The van der Waals surface area contributed by atoms with Gasteiger partial charge in [0.25, 0.3) is 17.4 Å². The van der Waals surface area contributed by atoms with E-state index in [1.165, 1.54) is 38.7 Å². The monoisotopic (exact) mass is 1100 g/mol. The number of halogens is 1. The number of hydrogen-bond acceptors (Lipinski definition) is 15. The number of carbonyl (C=O) groups is 10. The molecule has 80 heavy (non-hydrogen) atoms. The quantitative estimate of drug-likeness (QED) is 0.0226. The Morgan fingerprint density at radius 1 is 0.887 bits per heavy atom. The van der Waals surface area contributed by atoms with Gasteiger partial charge in [-0.15, -0.1) is 0 Å². The van der Waals surface area contributed by atoms with Gasteiger partial charge in [0.2, 0.25) is 35.4 Å². The Kier molecular flexibility index (Phi) is 17.6. The number of nitrogens with two attached hydrogens (primary N) is 1. The Morgan fingerprint density at radius 3 is 2.30 bits per heavy atom. The van der Waals surface area contributed by atoms with Crippen LogP contribution in [0.1, 0.15) is 90.4 Å². The van der Waals surface area contributed by atoms with E-state index in [1.54, 1.807) is 44.2 Å². The number of amides is 8. The highest BCUT2D eigenvalue weighted by Gasteiger charge is 2.47. The smallest absolute Gasteiger partial charge is 0.343 e. The Hall–Kier alpha value is -8.71. The molecule has 8 amide bonds. The average molecular weight is 1110 g/mol. The van der Waals surface area contributed by atoms with Gasteiger partial charge in [0.1, 0.15) is 18.5 Å². The molecule has 5 heterocycles. The van der Waals surface area contributed by atoms with Gasteiger partial charge in [-0.25, -0.2) is 14.2 Å². The lowest BCUT2D eigenvalue weighted by Crippen LogP contribution is -2.54. The minimum atomic E-state index is -2.14. The summed E-state index contributed by atoms with van der Waals surface area (Å²) in [4.78, 5) is 151. The zero-order chi connectivity index (χ0) is 57.6. The second kappa shape index (κ2) is 24.5. The standard InChI is InChI=1S/C55H61FN10O14/c1-3-55(79)35-21-40-51-33(25-65(40)52(76)34(35)29-80-54(55)78)50-39(14-13-32-30(2)36(56)22-37(62-51)49(32)50)66(26-41(57)67)53(77)38(20-31-10-6-4-7-11-31)61-44(70)24-59-43(69)23-60-45(71)27-63(28-48(74)75)19-17-58-42(68)12-8-5-9-18-64-46(72)15-16-47(64)73/h4,6-7,10-11,15-16,21-22,38-39,79H,3,5,8-9,12-14,17-20,23-29H2,1-2H3,(H2,57,67)(H,58,68)(H,59,69)(H,60,71)(H,61,70)(H,74,75)/t38-,39-,55-/m0/s1. The number of fused-ring (bicyclic) bond motifs is 5. The number of aliphatic hydroxyl groups is 1. The summed E-state index contributed by atoms with van der Waals surface area (Å²) in [5.41, 5.74) is 6.41. The Labute approximate surface area is 456 Å². The topological polar surface area (TPSA) is 339 Å². The summed E-state index contributed by atoms with van der Waals surface area (Å²) in [5, 5.41) is 31.6. The number of aliphatic carboxylic acids is 1. The first-order valence-electron chi connectivity index (χ1n) is 26.2. The zero-order valence-electron chi connectivity index (χ0n) is 44.1. The van der Waals surface area contributed by atoms with Crippen LogP contribution in [0, 0.1) is 12.7 Å². The summed E-state index contributed by atoms with van der Waals surface area (Å²) in [6.45, 7) is -0.0707. The van der Waals surface area contributed by atoms with Crippen molar-refractivity contribution in [2.24, 2.45) is 5.73 Å². The predicted octanol–water partition coefficient (Wildman–Crippen LogP) is -0.224. The van der Waals surface area contributed by atoms with Gasteiger partial charge in [-0.05, 0) is 67.3 Å². The van der Waals surface area contributed by atoms with Crippen molar-refractivity contribution in [3.8, 4) is 11.4 Å². The molecule has 422 valence electrons. The molecule has 25 heteroatoms. The fourth-order valence-electron chi connectivity index (χ4n) is 10.8. The summed E-state index contributed by atoms with van der Waals surface area (Å²) < 4.78 is 22.4. The number of unbranched alkanes of at least 4 members (excludes halogenated alkanes) is 2. The number of aryl methyl sites for hydroxylation is 1. The van der Waals surface area contributed by atoms with E-state index in [1.807, 2.05) is 0 Å². The number of ether oxygens (including phenoxy) is 1. The SMILES string of the molecule is CC[C@@]1(O)C(=O)OCc2c1cc1n(c2=O)Cc2c-1nc1cc(F)c(C)c3c1c2[C@@H](N(CC(N)=O)C(=O)[C@H](Cc1ccccc1)NC(=O)CNC(=O)CNC(=O)CN(CCNC(=O)CCCCCN1C(=O)C=CC1=O)CC(=O)O)CC3. The molecule has 0 radical (unpaired) electrons. The largest absolute Gasteiger partial charge is 0.480 e. The van der Waals surface area contributed by atoms with Crippen LogP contribution in [0.3, 0.4) is 0 Å². The van der Waals surface area contributed by atoms with Crippen LogP contribution in [-0.4, -0.2) is 152 Å². The van der Waals surface area contributed by atoms with Gasteiger partial charge in [-0.2, -0.15) is 0 Å². The molecule has 8 N–H and O–H groups in total. The molecule has 0 saturated heterocycles. The maximum absolute atomic E-state index is 15.8. The molecule has 4 aliphatic rings. The van der Waals surface area contributed by atoms with Crippen LogP contribution < -0.4 is 32.6 Å². The molecule has 4 aromatic rings. The molecule has 2 aromatic carbocycles. The van der Waals surface area contributed by atoms with E-state index in [0.29, 0.717) is 52.5 Å². The normalized spacial score (nSPS) is 17.1. The summed E-state index contributed by atoms with van der Waals surface area (Å²) in [6, 6.07) is 9.04. The lowest BCUT2D eigenvalue weighted by molar-refractivity contribution is -0.172. The second-order valence-electron chi connectivity index (χ2n) is 20.1. The number of esters is 1. The highest BCUT2D eigenvalue weighted by molar-refractivity contribution is 6.12. The predicted molar refractivity (Wildman–Crippen MR) is 281 cm³/mol.